The van der Waals surface area contributed by atoms with Crippen molar-refractivity contribution in [3.05, 3.63) is 59.7 Å². The number of amides is 2. The zero-order valence-corrected chi connectivity index (χ0v) is 15.4. The lowest BCUT2D eigenvalue weighted by molar-refractivity contribution is 0.0951. The fourth-order valence-electron chi connectivity index (χ4n) is 3.49. The van der Waals surface area contributed by atoms with Gasteiger partial charge in [0.2, 0.25) is 5.91 Å². The van der Waals surface area contributed by atoms with Crippen LogP contribution in [0.25, 0.3) is 0 Å². The second kappa shape index (κ2) is 9.21. The number of nitrogens with two attached hydrogens (primary N) is 1. The molecule has 1 aliphatic rings. The maximum Gasteiger partial charge on any atom is 0.251 e. The number of hydrogen-bond donors (Lipinski definition) is 2. The number of carbonyl (C=O) groups is 2. The van der Waals surface area contributed by atoms with Gasteiger partial charge in [0, 0.05) is 17.7 Å². The molecule has 142 valence electrons. The van der Waals surface area contributed by atoms with Gasteiger partial charge in [0.1, 0.15) is 11.5 Å². The van der Waals surface area contributed by atoms with Crippen molar-refractivity contribution < 1.29 is 14.3 Å². The van der Waals surface area contributed by atoms with E-state index in [4.69, 9.17) is 10.5 Å². The van der Waals surface area contributed by atoms with Crippen LogP contribution in [0, 0.1) is 5.92 Å². The molecule has 0 radical (unpaired) electrons. The maximum absolute atomic E-state index is 12.2. The van der Waals surface area contributed by atoms with E-state index in [1.165, 1.54) is 32.1 Å². The summed E-state index contributed by atoms with van der Waals surface area (Å²) in [4.78, 5) is 23.3. The van der Waals surface area contributed by atoms with Gasteiger partial charge >= 0.3 is 0 Å². The predicted octanol–water partition coefficient (Wildman–Crippen LogP) is 4.28. The minimum atomic E-state index is -0.472. The molecule has 1 fully saturated rings. The maximum atomic E-state index is 12.2. The smallest absolute Gasteiger partial charge is 0.251 e. The van der Waals surface area contributed by atoms with Crippen LogP contribution < -0.4 is 15.8 Å². The minimum Gasteiger partial charge on any atom is -0.457 e. The molecule has 27 heavy (non-hydrogen) atoms. The fourth-order valence-corrected chi connectivity index (χ4v) is 3.49. The zero-order chi connectivity index (χ0) is 19.1. The van der Waals surface area contributed by atoms with Crippen molar-refractivity contribution in [3.63, 3.8) is 0 Å². The minimum absolute atomic E-state index is 0.0567. The van der Waals surface area contributed by atoms with Crippen molar-refractivity contribution in [1.29, 1.82) is 0 Å². The number of rotatable bonds is 8. The average Bonchev–Trinajstić information content (AvgIpc) is 3.19. The van der Waals surface area contributed by atoms with E-state index < -0.39 is 5.91 Å². The number of carbonyl (C=O) groups excluding carboxylic acids is 2. The van der Waals surface area contributed by atoms with Crippen molar-refractivity contribution >= 4 is 11.8 Å². The van der Waals surface area contributed by atoms with Crippen molar-refractivity contribution in [1.82, 2.24) is 5.32 Å². The molecule has 3 N–H and O–H groups in total. The summed E-state index contributed by atoms with van der Waals surface area (Å²) >= 11 is 0. The highest BCUT2D eigenvalue weighted by Gasteiger charge is 2.14. The summed E-state index contributed by atoms with van der Waals surface area (Å²) in [6, 6.07) is 13.6. The molecule has 0 heterocycles. The largest absolute Gasteiger partial charge is 0.457 e. The van der Waals surface area contributed by atoms with Crippen molar-refractivity contribution in [2.24, 2.45) is 11.7 Å². The molecule has 0 bridgehead atoms. The van der Waals surface area contributed by atoms with E-state index >= 15 is 0 Å². The van der Waals surface area contributed by atoms with Gasteiger partial charge in [0.05, 0.1) is 0 Å². The molecule has 1 aliphatic carbocycles. The van der Waals surface area contributed by atoms with Crippen LogP contribution in [-0.2, 0) is 0 Å². The number of benzene rings is 2. The van der Waals surface area contributed by atoms with Crippen molar-refractivity contribution in [2.45, 2.75) is 38.5 Å². The Balaban J connectivity index is 1.45. The summed E-state index contributed by atoms with van der Waals surface area (Å²) in [6.45, 7) is 0.722. The molecule has 1 saturated carbocycles. The molecule has 2 aromatic carbocycles. The van der Waals surface area contributed by atoms with Crippen LogP contribution >= 0.6 is 0 Å². The van der Waals surface area contributed by atoms with Gasteiger partial charge in [-0.05, 0) is 67.3 Å². The number of ether oxygens (including phenoxy) is 1. The fraction of sp³-hybridized carbons (Fsp3) is 0.364. The molecule has 3 rings (SSSR count). The molecule has 5 nitrogen and oxygen atoms in total. The Kier molecular flexibility index (Phi) is 6.47. The monoisotopic (exact) mass is 366 g/mol. The van der Waals surface area contributed by atoms with Gasteiger partial charge < -0.3 is 15.8 Å². The highest BCUT2D eigenvalue weighted by Crippen LogP contribution is 2.28. The van der Waals surface area contributed by atoms with Crippen LogP contribution in [0.3, 0.4) is 0 Å². The Morgan fingerprint density at radius 1 is 0.926 bits per heavy atom. The second-order valence-corrected chi connectivity index (χ2v) is 7.06. The Morgan fingerprint density at radius 2 is 1.48 bits per heavy atom. The van der Waals surface area contributed by atoms with E-state index in [9.17, 15) is 9.59 Å². The van der Waals surface area contributed by atoms with Gasteiger partial charge in [0.25, 0.3) is 5.91 Å². The second-order valence-electron chi connectivity index (χ2n) is 7.06. The van der Waals surface area contributed by atoms with E-state index in [2.05, 4.69) is 5.32 Å². The van der Waals surface area contributed by atoms with Crippen LogP contribution in [0.2, 0.25) is 0 Å². The Bertz CT molecular complexity index is 763. The third-order valence-corrected chi connectivity index (χ3v) is 5.04. The van der Waals surface area contributed by atoms with E-state index in [0.717, 1.165) is 18.9 Å². The molecule has 5 heteroatoms. The Morgan fingerprint density at radius 3 is 2.04 bits per heavy atom. The summed E-state index contributed by atoms with van der Waals surface area (Å²) < 4.78 is 5.72. The van der Waals surface area contributed by atoms with Gasteiger partial charge in [0.15, 0.2) is 0 Å². The van der Waals surface area contributed by atoms with Crippen LogP contribution in [0.15, 0.2) is 48.5 Å². The standard InChI is InChI=1S/C22H26N2O3/c23-21(25)17-7-11-19(12-8-17)27-20-13-9-18(10-14-20)22(26)24-15-3-6-16-4-1-2-5-16/h7-14,16H,1-6,15H2,(H2,23,25)(H,24,26). The molecule has 2 aromatic rings. The van der Waals surface area contributed by atoms with E-state index in [1.54, 1.807) is 48.5 Å². The van der Waals surface area contributed by atoms with E-state index in [-0.39, 0.29) is 5.91 Å². The molecular weight excluding hydrogens is 340 g/mol. The van der Waals surface area contributed by atoms with E-state index in [0.29, 0.717) is 22.6 Å². The molecule has 0 saturated heterocycles. The first-order chi connectivity index (χ1) is 13.1. The molecule has 2 amide bonds. The Hall–Kier alpha value is -2.82. The lowest BCUT2D eigenvalue weighted by Crippen LogP contribution is -2.24. The summed E-state index contributed by atoms with van der Waals surface area (Å²) in [6.07, 6.45) is 7.67. The summed E-state index contributed by atoms with van der Waals surface area (Å²) in [5.41, 5.74) is 6.27. The van der Waals surface area contributed by atoms with Gasteiger partial charge in [-0.25, -0.2) is 0 Å². The normalized spacial score (nSPS) is 14.1. The third-order valence-electron chi connectivity index (χ3n) is 5.04. The highest BCUT2D eigenvalue weighted by molar-refractivity contribution is 5.94. The third kappa shape index (κ3) is 5.58. The first-order valence-corrected chi connectivity index (χ1v) is 9.58. The number of primary amides is 1. The lowest BCUT2D eigenvalue weighted by atomic mass is 10.0. The molecule has 0 aliphatic heterocycles. The molecule has 0 atom stereocenters. The number of nitrogens with one attached hydrogen (secondary N) is 1. The first kappa shape index (κ1) is 19.0. The molecule has 0 aromatic heterocycles. The molecule has 0 unspecified atom stereocenters. The van der Waals surface area contributed by atoms with Gasteiger partial charge in [-0.3, -0.25) is 9.59 Å². The van der Waals surface area contributed by atoms with Crippen molar-refractivity contribution in [2.75, 3.05) is 6.54 Å². The number of hydrogen-bond acceptors (Lipinski definition) is 3. The summed E-state index contributed by atoms with van der Waals surface area (Å²) in [5.74, 6) is 1.55. The molecule has 0 spiro atoms. The highest BCUT2D eigenvalue weighted by atomic mass is 16.5. The van der Waals surface area contributed by atoms with Gasteiger partial charge in [-0.2, -0.15) is 0 Å². The quantitative estimate of drug-likeness (QED) is 0.684. The Labute approximate surface area is 159 Å². The zero-order valence-electron chi connectivity index (χ0n) is 15.4. The van der Waals surface area contributed by atoms with Crippen LogP contribution in [0.4, 0.5) is 0 Å². The lowest BCUT2D eigenvalue weighted by Gasteiger charge is -2.10. The van der Waals surface area contributed by atoms with Gasteiger partial charge in [-0.1, -0.05) is 25.7 Å². The van der Waals surface area contributed by atoms with Crippen LogP contribution in [0.5, 0.6) is 11.5 Å². The first-order valence-electron chi connectivity index (χ1n) is 9.58. The van der Waals surface area contributed by atoms with Gasteiger partial charge in [-0.15, -0.1) is 0 Å². The summed E-state index contributed by atoms with van der Waals surface area (Å²) in [5, 5.41) is 2.99. The SMILES string of the molecule is NC(=O)c1ccc(Oc2ccc(C(=O)NCCCC3CCCC3)cc2)cc1. The molecular formula is C22H26N2O3. The van der Waals surface area contributed by atoms with Crippen LogP contribution in [-0.4, -0.2) is 18.4 Å². The predicted molar refractivity (Wildman–Crippen MR) is 105 cm³/mol. The summed E-state index contributed by atoms with van der Waals surface area (Å²) in [7, 11) is 0. The van der Waals surface area contributed by atoms with Crippen LogP contribution in [0.1, 0.15) is 59.2 Å². The average molecular weight is 366 g/mol. The van der Waals surface area contributed by atoms with E-state index in [1.807, 2.05) is 0 Å². The van der Waals surface area contributed by atoms with Crippen molar-refractivity contribution in [3.8, 4) is 11.5 Å². The topological polar surface area (TPSA) is 81.4 Å².